The molecule has 3 aromatic rings. The van der Waals surface area contributed by atoms with E-state index >= 15 is 0 Å². The molecule has 0 radical (unpaired) electrons. The normalized spacial score (nSPS) is 13.1. The third kappa shape index (κ3) is 3.69. The molecule has 2 aromatic carbocycles. The number of anilines is 3. The van der Waals surface area contributed by atoms with E-state index in [0.29, 0.717) is 27.9 Å². The Bertz CT molecular complexity index is 982. The average molecular weight is 420 g/mol. The van der Waals surface area contributed by atoms with Crippen molar-refractivity contribution in [3.8, 4) is 11.5 Å². The number of rotatable bonds is 5. The van der Waals surface area contributed by atoms with E-state index in [1.54, 1.807) is 36.4 Å². The van der Waals surface area contributed by atoms with Crippen molar-refractivity contribution in [1.82, 2.24) is 4.98 Å². The lowest BCUT2D eigenvalue weighted by atomic mass is 10.2. The molecule has 1 aromatic heterocycles. The van der Waals surface area contributed by atoms with Gasteiger partial charge in [-0.1, -0.05) is 11.6 Å². The first kappa shape index (κ1) is 18.0. The first-order chi connectivity index (χ1) is 13.2. The number of fused-ring (bicyclic) bond motifs is 1. The lowest BCUT2D eigenvalue weighted by Gasteiger charge is -2.30. The first-order valence-corrected chi connectivity index (χ1v) is 9.99. The van der Waals surface area contributed by atoms with Crippen molar-refractivity contribution in [1.29, 1.82) is 0 Å². The van der Waals surface area contributed by atoms with Gasteiger partial charge < -0.3 is 14.2 Å². The third-order valence-corrected chi connectivity index (χ3v) is 5.68. The van der Waals surface area contributed by atoms with Gasteiger partial charge in [-0.05, 0) is 42.3 Å². The molecule has 2 heterocycles. The second-order valence-electron chi connectivity index (χ2n) is 5.50. The van der Waals surface area contributed by atoms with Gasteiger partial charge in [-0.3, -0.25) is 9.69 Å². The maximum atomic E-state index is 12.6. The van der Waals surface area contributed by atoms with Crippen LogP contribution in [0.25, 0.3) is 0 Å². The zero-order chi connectivity index (χ0) is 18.8. The topological polar surface area (TPSA) is 63.7 Å². The molecule has 4 rings (SSSR count). The molecule has 138 valence electrons. The quantitative estimate of drug-likeness (QED) is 0.588. The summed E-state index contributed by atoms with van der Waals surface area (Å²) in [6.07, 6.45) is 1.74. The fourth-order valence-corrected chi connectivity index (χ4v) is 4.09. The summed E-state index contributed by atoms with van der Waals surface area (Å²) in [7, 11) is 1.55. The van der Waals surface area contributed by atoms with Crippen LogP contribution in [0.1, 0.15) is 0 Å². The molecule has 1 amide bonds. The van der Waals surface area contributed by atoms with Crippen LogP contribution in [0.5, 0.6) is 11.5 Å². The van der Waals surface area contributed by atoms with Crippen LogP contribution in [0.2, 0.25) is 5.02 Å². The molecule has 0 fully saturated rings. The zero-order valence-electron chi connectivity index (χ0n) is 14.1. The maximum Gasteiger partial charge on any atom is 0.269 e. The second-order valence-corrected chi connectivity index (χ2v) is 7.72. The Labute approximate surface area is 169 Å². The smallest absolute Gasteiger partial charge is 0.269 e. The van der Waals surface area contributed by atoms with Crippen molar-refractivity contribution in [3.05, 3.63) is 53.0 Å². The van der Waals surface area contributed by atoms with Crippen molar-refractivity contribution in [3.63, 3.8) is 0 Å². The van der Waals surface area contributed by atoms with Crippen molar-refractivity contribution < 1.29 is 14.3 Å². The number of nitrogens with one attached hydrogen (secondary N) is 1. The van der Waals surface area contributed by atoms with Crippen LogP contribution in [0.15, 0.2) is 52.9 Å². The molecule has 9 heteroatoms. The number of halogens is 1. The number of carbonyl (C=O) groups is 1. The van der Waals surface area contributed by atoms with E-state index in [1.165, 1.54) is 23.3 Å². The Kier molecular flexibility index (Phi) is 5.11. The number of carbonyl (C=O) groups excluding carboxylic acids is 1. The van der Waals surface area contributed by atoms with Gasteiger partial charge in [0.2, 0.25) is 0 Å². The largest absolute Gasteiger partial charge is 0.495 e. The molecule has 6 nitrogen and oxygen atoms in total. The second kappa shape index (κ2) is 7.67. The number of benzene rings is 2. The molecule has 0 spiro atoms. The Balaban J connectivity index is 1.65. The van der Waals surface area contributed by atoms with Crippen molar-refractivity contribution in [2.24, 2.45) is 0 Å². The number of amides is 1. The van der Waals surface area contributed by atoms with Gasteiger partial charge in [0.25, 0.3) is 5.91 Å². The van der Waals surface area contributed by atoms with Crippen LogP contribution in [0.3, 0.4) is 0 Å². The number of nitrogens with zero attached hydrogens (tertiary/aromatic N) is 2. The summed E-state index contributed by atoms with van der Waals surface area (Å²) in [5.41, 5.74) is 1.28. The fourth-order valence-electron chi connectivity index (χ4n) is 2.67. The lowest BCUT2D eigenvalue weighted by molar-refractivity contribution is -0.120. The molecule has 1 aliphatic rings. The number of methoxy groups -OCH3 is 1. The highest BCUT2D eigenvalue weighted by Crippen LogP contribution is 2.43. The molecule has 0 bridgehead atoms. The van der Waals surface area contributed by atoms with Crippen LogP contribution >= 0.6 is 34.9 Å². The van der Waals surface area contributed by atoms with Gasteiger partial charge in [0.05, 0.1) is 18.5 Å². The fraction of sp³-hybridized carbons (Fsp3) is 0.111. The molecule has 27 heavy (non-hydrogen) atoms. The predicted octanol–water partition coefficient (Wildman–Crippen LogP) is 4.98. The van der Waals surface area contributed by atoms with Gasteiger partial charge in [-0.25, -0.2) is 4.98 Å². The number of hydrogen-bond donors (Lipinski definition) is 1. The summed E-state index contributed by atoms with van der Waals surface area (Å²) in [4.78, 5) is 19.3. The molecule has 1 N–H and O–H groups in total. The lowest BCUT2D eigenvalue weighted by Crippen LogP contribution is -2.35. The third-order valence-electron chi connectivity index (χ3n) is 3.84. The molecular weight excluding hydrogens is 406 g/mol. The molecule has 0 aliphatic carbocycles. The van der Waals surface area contributed by atoms with E-state index in [-0.39, 0.29) is 12.5 Å². The van der Waals surface area contributed by atoms with Crippen LogP contribution in [0.4, 0.5) is 16.5 Å². The van der Waals surface area contributed by atoms with Gasteiger partial charge in [0, 0.05) is 27.6 Å². The van der Waals surface area contributed by atoms with Gasteiger partial charge in [-0.2, -0.15) is 0 Å². The van der Waals surface area contributed by atoms with Gasteiger partial charge in [-0.15, -0.1) is 11.3 Å². The number of aromatic nitrogens is 1. The summed E-state index contributed by atoms with van der Waals surface area (Å²) < 4.78 is 14.2. The highest BCUT2D eigenvalue weighted by atomic mass is 35.5. The predicted molar refractivity (Wildman–Crippen MR) is 109 cm³/mol. The molecule has 0 atom stereocenters. The number of ether oxygens (including phenoxy) is 2. The van der Waals surface area contributed by atoms with Crippen molar-refractivity contribution >= 4 is 57.3 Å². The molecule has 1 aliphatic heterocycles. The summed E-state index contributed by atoms with van der Waals surface area (Å²) in [5.74, 6) is 0.967. The highest BCUT2D eigenvalue weighted by Gasteiger charge is 2.29. The Morgan fingerprint density at radius 2 is 2.15 bits per heavy atom. The van der Waals surface area contributed by atoms with E-state index in [9.17, 15) is 4.79 Å². The van der Waals surface area contributed by atoms with Gasteiger partial charge >= 0.3 is 0 Å². The average Bonchev–Trinajstić information content (AvgIpc) is 3.20. The standard InChI is InChI=1S/C18H14ClN3O3S2/c1-24-15-8-11(19)2-4-13(15)22-14-5-3-12(9-16(14)25-10-17(22)23)27-21-18-20-6-7-26-18/h2-9H,10H2,1H3,(H,20,21). The summed E-state index contributed by atoms with van der Waals surface area (Å²) >= 11 is 9.00. The van der Waals surface area contributed by atoms with Crippen LogP contribution in [0, 0.1) is 0 Å². The summed E-state index contributed by atoms with van der Waals surface area (Å²) in [5, 5.41) is 3.26. The summed E-state index contributed by atoms with van der Waals surface area (Å²) in [6.45, 7) is -0.0488. The monoisotopic (exact) mass is 419 g/mol. The number of thiazole rings is 1. The van der Waals surface area contributed by atoms with E-state index < -0.39 is 0 Å². The minimum Gasteiger partial charge on any atom is -0.495 e. The highest BCUT2D eigenvalue weighted by molar-refractivity contribution is 8.00. The molecular formula is C18H14ClN3O3S2. The molecule has 0 saturated heterocycles. The van der Waals surface area contributed by atoms with E-state index in [2.05, 4.69) is 9.71 Å². The maximum absolute atomic E-state index is 12.6. The summed E-state index contributed by atoms with van der Waals surface area (Å²) in [6, 6.07) is 10.8. The molecule has 0 saturated carbocycles. The van der Waals surface area contributed by atoms with Gasteiger partial charge in [0.1, 0.15) is 11.5 Å². The zero-order valence-corrected chi connectivity index (χ0v) is 16.5. The van der Waals surface area contributed by atoms with Crippen LogP contribution in [-0.4, -0.2) is 24.6 Å². The molecule has 0 unspecified atom stereocenters. The number of hydrogen-bond acceptors (Lipinski definition) is 7. The van der Waals surface area contributed by atoms with E-state index in [0.717, 1.165) is 10.0 Å². The van der Waals surface area contributed by atoms with Crippen LogP contribution in [-0.2, 0) is 4.79 Å². The van der Waals surface area contributed by atoms with E-state index in [4.69, 9.17) is 21.1 Å². The Morgan fingerprint density at radius 1 is 1.30 bits per heavy atom. The van der Waals surface area contributed by atoms with Gasteiger partial charge in [0.15, 0.2) is 11.7 Å². The minimum absolute atomic E-state index is 0.0488. The minimum atomic E-state index is -0.176. The Morgan fingerprint density at radius 3 is 2.93 bits per heavy atom. The first-order valence-electron chi connectivity index (χ1n) is 7.91. The van der Waals surface area contributed by atoms with Crippen LogP contribution < -0.4 is 19.1 Å². The van der Waals surface area contributed by atoms with E-state index in [1.807, 2.05) is 23.6 Å². The van der Waals surface area contributed by atoms with Crippen molar-refractivity contribution in [2.75, 3.05) is 23.3 Å². The Hall–Kier alpha value is -2.42. The van der Waals surface area contributed by atoms with Crippen molar-refractivity contribution in [2.45, 2.75) is 4.90 Å². The SMILES string of the molecule is COc1cc(Cl)ccc1N1C(=O)COc2cc(SNc3nccs3)ccc21.